The maximum absolute atomic E-state index is 13.5. The van der Waals surface area contributed by atoms with Gasteiger partial charge in [0.25, 0.3) is 0 Å². The topological polar surface area (TPSA) is 75.4 Å². The molecule has 3 rings (SSSR count). The van der Waals surface area contributed by atoms with Crippen LogP contribution in [-0.4, -0.2) is 24.9 Å². The summed E-state index contributed by atoms with van der Waals surface area (Å²) in [5.74, 6) is -0.820. The number of hydrogen-bond donors (Lipinski definition) is 2. The summed E-state index contributed by atoms with van der Waals surface area (Å²) in [4.78, 5) is 26.9. The summed E-state index contributed by atoms with van der Waals surface area (Å²) >= 11 is 12.5. The number of carbonyl (C=O) groups excluding carboxylic acids is 2. The summed E-state index contributed by atoms with van der Waals surface area (Å²) < 4.78 is 0. The number of para-hydroxylation sites is 1. The molecule has 2 aromatic rings. The standard InChI is InChI=1S/C21H23Cl2N3O2.ClH/c1-25-18(20(24)27)11-14-7-6-13-4-2-3-5-19(13)26(21(14)28)12-15-10-16(22)8-9-17(15)23;/h2-5,8-10,14,18,25H,6-7,11-12H2,1H3,(H2,24,27);1H/t14-,18-;/m0./s1. The molecule has 8 heteroatoms. The third-order valence-corrected chi connectivity index (χ3v) is 5.81. The minimum Gasteiger partial charge on any atom is -0.368 e. The fraction of sp³-hybridized carbons (Fsp3) is 0.333. The van der Waals surface area contributed by atoms with Gasteiger partial charge in [0.15, 0.2) is 0 Å². The first-order chi connectivity index (χ1) is 13.4. The quantitative estimate of drug-likeness (QED) is 0.690. The van der Waals surface area contributed by atoms with Gasteiger partial charge in [0, 0.05) is 21.7 Å². The molecule has 1 aliphatic rings. The molecule has 29 heavy (non-hydrogen) atoms. The minimum atomic E-state index is -0.549. The van der Waals surface area contributed by atoms with E-state index in [2.05, 4.69) is 5.32 Å². The van der Waals surface area contributed by atoms with Gasteiger partial charge < -0.3 is 16.0 Å². The molecule has 0 aliphatic carbocycles. The molecular weight excluding hydrogens is 433 g/mol. The zero-order valence-corrected chi connectivity index (χ0v) is 18.4. The number of fused-ring (bicyclic) bond motifs is 1. The summed E-state index contributed by atoms with van der Waals surface area (Å²) in [6.45, 7) is 0.312. The number of aryl methyl sites for hydroxylation is 1. The fourth-order valence-electron chi connectivity index (χ4n) is 3.66. The van der Waals surface area contributed by atoms with Gasteiger partial charge >= 0.3 is 0 Å². The van der Waals surface area contributed by atoms with Crippen molar-refractivity contribution in [1.82, 2.24) is 5.32 Å². The lowest BCUT2D eigenvalue weighted by Gasteiger charge is -2.27. The highest BCUT2D eigenvalue weighted by Gasteiger charge is 2.33. The van der Waals surface area contributed by atoms with Crippen molar-refractivity contribution in [1.29, 1.82) is 0 Å². The molecule has 0 radical (unpaired) electrons. The van der Waals surface area contributed by atoms with Gasteiger partial charge in [0.05, 0.1) is 12.6 Å². The average molecular weight is 457 g/mol. The monoisotopic (exact) mass is 455 g/mol. The molecular formula is C21H24Cl3N3O2. The Morgan fingerprint density at radius 2 is 2.00 bits per heavy atom. The molecule has 0 saturated carbocycles. The maximum Gasteiger partial charge on any atom is 0.234 e. The lowest BCUT2D eigenvalue weighted by atomic mass is 9.93. The molecule has 1 heterocycles. The van der Waals surface area contributed by atoms with Crippen LogP contribution in [0.4, 0.5) is 5.69 Å². The molecule has 0 aromatic heterocycles. The van der Waals surface area contributed by atoms with E-state index in [0.29, 0.717) is 29.4 Å². The van der Waals surface area contributed by atoms with Gasteiger partial charge in [0.2, 0.25) is 11.8 Å². The van der Waals surface area contributed by atoms with Crippen LogP contribution in [0, 0.1) is 5.92 Å². The van der Waals surface area contributed by atoms with Gasteiger partial charge in [-0.15, -0.1) is 12.4 Å². The predicted molar refractivity (Wildman–Crippen MR) is 120 cm³/mol. The first-order valence-corrected chi connectivity index (χ1v) is 9.96. The Morgan fingerprint density at radius 3 is 2.69 bits per heavy atom. The molecule has 5 nitrogen and oxygen atoms in total. The third kappa shape index (κ3) is 5.43. The van der Waals surface area contributed by atoms with Crippen molar-refractivity contribution in [3.8, 4) is 0 Å². The van der Waals surface area contributed by atoms with Crippen LogP contribution in [-0.2, 0) is 22.6 Å². The minimum absolute atomic E-state index is 0. The summed E-state index contributed by atoms with van der Waals surface area (Å²) in [6, 6.07) is 12.5. The summed E-state index contributed by atoms with van der Waals surface area (Å²) in [6.07, 6.45) is 1.76. The largest absolute Gasteiger partial charge is 0.368 e. The van der Waals surface area contributed by atoms with Crippen molar-refractivity contribution in [2.24, 2.45) is 11.7 Å². The molecule has 0 spiro atoms. The van der Waals surface area contributed by atoms with Crippen LogP contribution in [0.5, 0.6) is 0 Å². The second-order valence-electron chi connectivity index (χ2n) is 7.00. The number of nitrogens with zero attached hydrogens (tertiary/aromatic N) is 1. The Bertz CT molecular complexity index is 891. The van der Waals surface area contributed by atoms with Crippen molar-refractivity contribution in [3.05, 3.63) is 63.6 Å². The fourth-order valence-corrected chi connectivity index (χ4v) is 4.03. The Balaban J connectivity index is 0.00000300. The molecule has 0 unspecified atom stereocenters. The first kappa shape index (κ1) is 23.5. The zero-order chi connectivity index (χ0) is 20.3. The van der Waals surface area contributed by atoms with E-state index in [1.807, 2.05) is 24.3 Å². The molecule has 0 saturated heterocycles. The van der Waals surface area contributed by atoms with E-state index in [4.69, 9.17) is 28.9 Å². The Morgan fingerprint density at radius 1 is 1.28 bits per heavy atom. The van der Waals surface area contributed by atoms with E-state index >= 15 is 0 Å². The Hall–Kier alpha value is -1.79. The van der Waals surface area contributed by atoms with E-state index in [1.54, 1.807) is 30.1 Å². The smallest absolute Gasteiger partial charge is 0.234 e. The number of nitrogens with two attached hydrogens (primary N) is 1. The zero-order valence-electron chi connectivity index (χ0n) is 16.0. The van der Waals surface area contributed by atoms with Crippen LogP contribution in [0.1, 0.15) is 24.0 Å². The van der Waals surface area contributed by atoms with Gasteiger partial charge in [-0.3, -0.25) is 9.59 Å². The van der Waals surface area contributed by atoms with Gasteiger partial charge in [-0.05, 0) is 61.7 Å². The number of primary amides is 1. The highest BCUT2D eigenvalue weighted by molar-refractivity contribution is 6.33. The number of benzene rings is 2. The number of carbonyl (C=O) groups is 2. The lowest BCUT2D eigenvalue weighted by Crippen LogP contribution is -2.44. The van der Waals surface area contributed by atoms with Gasteiger partial charge in [0.1, 0.15) is 0 Å². The molecule has 2 atom stereocenters. The number of likely N-dealkylation sites (N-methyl/N-ethyl adjacent to an activating group) is 1. The second-order valence-corrected chi connectivity index (χ2v) is 7.85. The number of anilines is 1. The number of amides is 2. The molecule has 3 N–H and O–H groups in total. The normalized spacial score (nSPS) is 17.1. The van der Waals surface area contributed by atoms with E-state index in [9.17, 15) is 9.59 Å². The van der Waals surface area contributed by atoms with E-state index < -0.39 is 11.9 Å². The Labute approximate surface area is 186 Å². The molecule has 156 valence electrons. The highest BCUT2D eigenvalue weighted by Crippen LogP contribution is 2.33. The van der Waals surface area contributed by atoms with Gasteiger partial charge in [-0.25, -0.2) is 0 Å². The Kier molecular flexibility index (Phi) is 8.34. The first-order valence-electron chi connectivity index (χ1n) is 9.20. The van der Waals surface area contributed by atoms with Gasteiger partial charge in [-0.2, -0.15) is 0 Å². The maximum atomic E-state index is 13.5. The molecule has 1 aliphatic heterocycles. The van der Waals surface area contributed by atoms with E-state index in [1.165, 1.54) is 0 Å². The van der Waals surface area contributed by atoms with E-state index in [-0.39, 0.29) is 24.2 Å². The highest BCUT2D eigenvalue weighted by atomic mass is 35.5. The molecule has 0 fully saturated rings. The lowest BCUT2D eigenvalue weighted by molar-refractivity contribution is -0.124. The number of halogens is 3. The van der Waals surface area contributed by atoms with Crippen molar-refractivity contribution in [2.45, 2.75) is 31.8 Å². The second kappa shape index (κ2) is 10.3. The van der Waals surface area contributed by atoms with Crippen LogP contribution < -0.4 is 16.0 Å². The number of nitrogens with one attached hydrogen (secondary N) is 1. The summed E-state index contributed by atoms with van der Waals surface area (Å²) in [7, 11) is 1.68. The van der Waals surface area contributed by atoms with E-state index in [0.717, 1.165) is 23.2 Å². The molecule has 0 bridgehead atoms. The SMILES string of the molecule is CN[C@@H](C[C@@H]1CCc2ccccc2N(Cc2cc(Cl)ccc2Cl)C1=O)C(N)=O.Cl. The molecule has 2 amide bonds. The van der Waals surface area contributed by atoms with Crippen molar-refractivity contribution >= 4 is 53.1 Å². The van der Waals surface area contributed by atoms with Crippen molar-refractivity contribution in [2.75, 3.05) is 11.9 Å². The summed E-state index contributed by atoms with van der Waals surface area (Å²) in [5.41, 5.74) is 8.21. The van der Waals surface area contributed by atoms with Crippen molar-refractivity contribution in [3.63, 3.8) is 0 Å². The van der Waals surface area contributed by atoms with Crippen LogP contribution in [0.15, 0.2) is 42.5 Å². The van der Waals surface area contributed by atoms with Crippen LogP contribution in [0.25, 0.3) is 0 Å². The number of rotatable bonds is 6. The average Bonchev–Trinajstić information content (AvgIpc) is 2.80. The number of hydrogen-bond acceptors (Lipinski definition) is 3. The van der Waals surface area contributed by atoms with Crippen LogP contribution >= 0.6 is 35.6 Å². The molecule has 2 aromatic carbocycles. The summed E-state index contributed by atoms with van der Waals surface area (Å²) in [5, 5.41) is 4.03. The van der Waals surface area contributed by atoms with Gasteiger partial charge in [-0.1, -0.05) is 41.4 Å². The van der Waals surface area contributed by atoms with Crippen LogP contribution in [0.2, 0.25) is 10.0 Å². The third-order valence-electron chi connectivity index (χ3n) is 5.21. The van der Waals surface area contributed by atoms with Crippen LogP contribution in [0.3, 0.4) is 0 Å². The predicted octanol–water partition coefficient (Wildman–Crippen LogP) is 3.97. The van der Waals surface area contributed by atoms with Crippen molar-refractivity contribution < 1.29 is 9.59 Å².